The Bertz CT molecular complexity index is 671. The van der Waals surface area contributed by atoms with E-state index in [1.54, 1.807) is 36.4 Å². The van der Waals surface area contributed by atoms with Crippen LogP contribution < -0.4 is 0 Å². The van der Waals surface area contributed by atoms with Crippen LogP contribution in [0.25, 0.3) is 11.1 Å². The highest BCUT2D eigenvalue weighted by atomic mass is 79.9. The zero-order chi connectivity index (χ0) is 15.0. The molecule has 20 heavy (non-hydrogen) atoms. The molecule has 3 nitrogen and oxygen atoms in total. The largest absolute Gasteiger partial charge is 0.399 e. The van der Waals surface area contributed by atoms with Crippen LogP contribution in [-0.4, -0.2) is 9.79 Å². The van der Waals surface area contributed by atoms with E-state index >= 15 is 0 Å². The van der Waals surface area contributed by atoms with Crippen LogP contribution in [0.4, 0.5) is 8.78 Å². The molecule has 0 bridgehead atoms. The molecular weight excluding hydrogens is 353 g/mol. The van der Waals surface area contributed by atoms with E-state index in [1.807, 2.05) is 0 Å². The van der Waals surface area contributed by atoms with Crippen molar-refractivity contribution in [1.29, 1.82) is 0 Å². The summed E-state index contributed by atoms with van der Waals surface area (Å²) in [6.07, 6.45) is 0. The van der Waals surface area contributed by atoms with Crippen molar-refractivity contribution in [3.05, 3.63) is 58.6 Å². The summed E-state index contributed by atoms with van der Waals surface area (Å²) in [4.78, 5) is 17.7. The minimum atomic E-state index is -5.59. The molecule has 0 aliphatic rings. The standard InChI is InChI=1S/C13H10BrF2O3P/c14-12-7-6-10(9-4-2-1-3-5-9)8-11(12)13(15,16)20(17,18)19/h1-8H,(H2,17,18,19). The Morgan fingerprint density at radius 3 is 2.15 bits per heavy atom. The Labute approximate surface area is 122 Å². The van der Waals surface area contributed by atoms with Gasteiger partial charge in [-0.25, -0.2) is 0 Å². The molecular formula is C13H10BrF2O3P. The molecule has 106 valence electrons. The Morgan fingerprint density at radius 2 is 1.60 bits per heavy atom. The van der Waals surface area contributed by atoms with Crippen molar-refractivity contribution in [2.24, 2.45) is 0 Å². The van der Waals surface area contributed by atoms with E-state index in [2.05, 4.69) is 15.9 Å². The van der Waals surface area contributed by atoms with Gasteiger partial charge in [-0.05, 0) is 23.3 Å². The van der Waals surface area contributed by atoms with Gasteiger partial charge in [0, 0.05) is 10.0 Å². The molecule has 7 heteroatoms. The third-order valence-electron chi connectivity index (χ3n) is 2.76. The van der Waals surface area contributed by atoms with Crippen molar-refractivity contribution in [1.82, 2.24) is 0 Å². The summed E-state index contributed by atoms with van der Waals surface area (Å²) in [5.41, 5.74) is -3.83. The van der Waals surface area contributed by atoms with E-state index in [9.17, 15) is 13.3 Å². The topological polar surface area (TPSA) is 57.5 Å². The summed E-state index contributed by atoms with van der Waals surface area (Å²) in [6.45, 7) is 0. The van der Waals surface area contributed by atoms with Gasteiger partial charge in [0.1, 0.15) is 0 Å². The van der Waals surface area contributed by atoms with Crippen LogP contribution in [0.3, 0.4) is 0 Å². The molecule has 0 atom stereocenters. The average Bonchev–Trinajstić information content (AvgIpc) is 2.38. The quantitative estimate of drug-likeness (QED) is 0.798. The van der Waals surface area contributed by atoms with E-state index in [1.165, 1.54) is 6.07 Å². The van der Waals surface area contributed by atoms with Gasteiger partial charge in [-0.15, -0.1) is 0 Å². The normalized spacial score (nSPS) is 12.4. The van der Waals surface area contributed by atoms with Crippen LogP contribution in [-0.2, 0) is 10.2 Å². The predicted octanol–water partition coefficient (Wildman–Crippen LogP) is 4.34. The molecule has 0 aromatic heterocycles. The van der Waals surface area contributed by atoms with E-state index in [4.69, 9.17) is 9.79 Å². The molecule has 0 saturated heterocycles. The predicted molar refractivity (Wildman–Crippen MR) is 75.5 cm³/mol. The molecule has 0 aliphatic heterocycles. The maximum absolute atomic E-state index is 13.8. The van der Waals surface area contributed by atoms with Gasteiger partial charge in [0.2, 0.25) is 0 Å². The van der Waals surface area contributed by atoms with Crippen molar-refractivity contribution in [3.8, 4) is 11.1 Å². The summed E-state index contributed by atoms with van der Waals surface area (Å²) < 4.78 is 38.6. The first-order valence-corrected chi connectivity index (χ1v) is 7.93. The van der Waals surface area contributed by atoms with Crippen LogP contribution in [0.2, 0.25) is 0 Å². The van der Waals surface area contributed by atoms with Gasteiger partial charge >= 0.3 is 13.3 Å². The zero-order valence-electron chi connectivity index (χ0n) is 10.0. The maximum Gasteiger partial charge on any atom is 0.399 e. The number of halogens is 3. The summed E-state index contributed by atoms with van der Waals surface area (Å²) in [6, 6.07) is 12.8. The highest BCUT2D eigenvalue weighted by Gasteiger charge is 2.51. The van der Waals surface area contributed by atoms with Gasteiger partial charge in [0.25, 0.3) is 0 Å². The molecule has 0 radical (unpaired) electrons. The molecule has 0 fully saturated rings. The van der Waals surface area contributed by atoms with E-state index in [-0.39, 0.29) is 4.47 Å². The first-order chi connectivity index (χ1) is 9.23. The molecule has 0 amide bonds. The second kappa shape index (κ2) is 5.37. The van der Waals surface area contributed by atoms with Gasteiger partial charge in [-0.3, -0.25) is 4.57 Å². The molecule has 2 aromatic carbocycles. The lowest BCUT2D eigenvalue weighted by atomic mass is 10.0. The average molecular weight is 363 g/mol. The Hall–Kier alpha value is -1.07. The fourth-order valence-electron chi connectivity index (χ4n) is 1.72. The molecule has 0 heterocycles. The number of rotatable bonds is 3. The Kier molecular flexibility index (Phi) is 4.12. The van der Waals surface area contributed by atoms with Crippen molar-refractivity contribution >= 4 is 23.5 Å². The monoisotopic (exact) mass is 362 g/mol. The molecule has 0 spiro atoms. The first-order valence-electron chi connectivity index (χ1n) is 5.52. The smallest absolute Gasteiger partial charge is 0.320 e. The lowest BCUT2D eigenvalue weighted by Gasteiger charge is -2.20. The van der Waals surface area contributed by atoms with Gasteiger partial charge in [-0.1, -0.05) is 52.3 Å². The highest BCUT2D eigenvalue weighted by Crippen LogP contribution is 2.60. The van der Waals surface area contributed by atoms with E-state index in [0.29, 0.717) is 11.1 Å². The van der Waals surface area contributed by atoms with E-state index in [0.717, 1.165) is 6.07 Å². The fraction of sp³-hybridized carbons (Fsp3) is 0.0769. The van der Waals surface area contributed by atoms with Crippen molar-refractivity contribution < 1.29 is 23.1 Å². The third kappa shape index (κ3) is 2.83. The molecule has 0 aliphatic carbocycles. The van der Waals surface area contributed by atoms with Gasteiger partial charge in [0.05, 0.1) is 0 Å². The van der Waals surface area contributed by atoms with Crippen molar-refractivity contribution in [2.45, 2.75) is 5.66 Å². The van der Waals surface area contributed by atoms with Crippen molar-refractivity contribution in [3.63, 3.8) is 0 Å². The third-order valence-corrected chi connectivity index (χ3v) is 4.43. The second-order valence-corrected chi connectivity index (χ2v) is 6.65. The first kappa shape index (κ1) is 15.3. The molecule has 2 aromatic rings. The zero-order valence-corrected chi connectivity index (χ0v) is 12.5. The van der Waals surface area contributed by atoms with Gasteiger partial charge in [0.15, 0.2) is 0 Å². The van der Waals surface area contributed by atoms with Crippen LogP contribution in [0, 0.1) is 0 Å². The van der Waals surface area contributed by atoms with Crippen LogP contribution in [0.15, 0.2) is 53.0 Å². The number of hydrogen-bond donors (Lipinski definition) is 2. The number of alkyl halides is 2. The SMILES string of the molecule is O=P(O)(O)C(F)(F)c1cc(-c2ccccc2)ccc1Br. The van der Waals surface area contributed by atoms with Gasteiger partial charge < -0.3 is 9.79 Å². The van der Waals surface area contributed by atoms with Crippen LogP contribution in [0.1, 0.15) is 5.56 Å². The Balaban J connectivity index is 2.59. The van der Waals surface area contributed by atoms with Gasteiger partial charge in [-0.2, -0.15) is 8.78 Å². The Morgan fingerprint density at radius 1 is 1.00 bits per heavy atom. The minimum Gasteiger partial charge on any atom is -0.320 e. The number of hydrogen-bond acceptors (Lipinski definition) is 1. The molecule has 0 unspecified atom stereocenters. The fourth-order valence-corrected chi connectivity index (χ4v) is 2.87. The highest BCUT2D eigenvalue weighted by molar-refractivity contribution is 9.10. The summed E-state index contributed by atoms with van der Waals surface area (Å²) in [7, 11) is -5.59. The number of benzene rings is 2. The lowest BCUT2D eigenvalue weighted by molar-refractivity contribution is 0.0558. The van der Waals surface area contributed by atoms with E-state index < -0.39 is 18.8 Å². The lowest BCUT2D eigenvalue weighted by Crippen LogP contribution is -2.14. The summed E-state index contributed by atoms with van der Waals surface area (Å²) >= 11 is 2.91. The molecule has 2 N–H and O–H groups in total. The summed E-state index contributed by atoms with van der Waals surface area (Å²) in [5.74, 6) is 0. The molecule has 2 rings (SSSR count). The maximum atomic E-state index is 13.8. The van der Waals surface area contributed by atoms with Crippen molar-refractivity contribution in [2.75, 3.05) is 0 Å². The van der Waals surface area contributed by atoms with Crippen LogP contribution in [0.5, 0.6) is 0 Å². The molecule has 0 saturated carbocycles. The second-order valence-electron chi connectivity index (χ2n) is 4.15. The van der Waals surface area contributed by atoms with Crippen LogP contribution >= 0.6 is 23.5 Å². The minimum absolute atomic E-state index is 0.0505. The summed E-state index contributed by atoms with van der Waals surface area (Å²) in [5, 5.41) is 0.